The van der Waals surface area contributed by atoms with E-state index in [1.807, 2.05) is 55.5 Å². The van der Waals surface area contributed by atoms with Crippen LogP contribution in [0.1, 0.15) is 35.7 Å². The van der Waals surface area contributed by atoms with Gasteiger partial charge in [-0.15, -0.1) is 0 Å². The van der Waals surface area contributed by atoms with Crippen LogP contribution in [0.2, 0.25) is 0 Å². The molecule has 2 heterocycles. The zero-order chi connectivity index (χ0) is 20.8. The number of aryl methyl sites for hydroxylation is 1. The second kappa shape index (κ2) is 9.22. The number of pyridine rings is 1. The van der Waals surface area contributed by atoms with Crippen molar-refractivity contribution in [2.45, 2.75) is 25.9 Å². The van der Waals surface area contributed by atoms with Crippen LogP contribution in [0.3, 0.4) is 0 Å². The van der Waals surface area contributed by atoms with E-state index in [0.29, 0.717) is 12.3 Å². The topological polar surface area (TPSA) is 69.0 Å². The second-order valence-corrected chi connectivity index (χ2v) is 7.04. The molecule has 0 saturated heterocycles. The number of ether oxygens (including phenoxy) is 1. The van der Waals surface area contributed by atoms with Gasteiger partial charge < -0.3 is 14.6 Å². The summed E-state index contributed by atoms with van der Waals surface area (Å²) in [5.74, 6) is 1.47. The number of aromatic nitrogens is 3. The standard InChI is InChI=1S/C24H24N4O2/c1-18(26-24(29)21-13-7-8-15-25-21)23-27-20-12-5-6-14-22(20)28(23)16-9-17-30-19-10-3-2-4-11-19/h2-8,10-15,18H,9,16-17H2,1H3,(H,26,29). The molecule has 0 spiro atoms. The smallest absolute Gasteiger partial charge is 0.270 e. The van der Waals surface area contributed by atoms with Crippen molar-refractivity contribution >= 4 is 16.9 Å². The van der Waals surface area contributed by atoms with Crippen LogP contribution in [0, 0.1) is 0 Å². The van der Waals surface area contributed by atoms with Crippen molar-refractivity contribution in [3.05, 3.63) is 90.5 Å². The monoisotopic (exact) mass is 400 g/mol. The Bertz CT molecular complexity index is 1110. The van der Waals surface area contributed by atoms with E-state index in [1.165, 1.54) is 0 Å². The van der Waals surface area contributed by atoms with Gasteiger partial charge in [-0.1, -0.05) is 36.4 Å². The van der Waals surface area contributed by atoms with Gasteiger partial charge in [-0.2, -0.15) is 0 Å². The molecule has 152 valence electrons. The fourth-order valence-corrected chi connectivity index (χ4v) is 3.42. The first-order chi connectivity index (χ1) is 14.7. The number of fused-ring (bicyclic) bond motifs is 1. The van der Waals surface area contributed by atoms with Crippen LogP contribution in [-0.4, -0.2) is 27.0 Å². The maximum absolute atomic E-state index is 12.5. The minimum atomic E-state index is -0.262. The lowest BCUT2D eigenvalue weighted by atomic mass is 10.2. The predicted molar refractivity (Wildman–Crippen MR) is 116 cm³/mol. The molecule has 0 aliphatic heterocycles. The van der Waals surface area contributed by atoms with E-state index in [0.717, 1.165) is 35.6 Å². The van der Waals surface area contributed by atoms with Crippen LogP contribution in [0.15, 0.2) is 79.0 Å². The normalized spacial score (nSPS) is 11.9. The van der Waals surface area contributed by atoms with E-state index in [2.05, 4.69) is 20.9 Å². The van der Waals surface area contributed by atoms with Crippen molar-refractivity contribution in [1.82, 2.24) is 19.9 Å². The molecule has 0 radical (unpaired) electrons. The first kappa shape index (κ1) is 19.6. The summed E-state index contributed by atoms with van der Waals surface area (Å²) in [6.45, 7) is 3.29. The van der Waals surface area contributed by atoms with Crippen LogP contribution in [0.25, 0.3) is 11.0 Å². The molecule has 0 aliphatic rings. The zero-order valence-electron chi connectivity index (χ0n) is 16.9. The number of rotatable bonds is 8. The minimum absolute atomic E-state index is 0.214. The van der Waals surface area contributed by atoms with E-state index < -0.39 is 0 Å². The molecule has 4 rings (SSSR count). The molecular weight excluding hydrogens is 376 g/mol. The van der Waals surface area contributed by atoms with Gasteiger partial charge in [0.1, 0.15) is 17.3 Å². The van der Waals surface area contributed by atoms with Gasteiger partial charge in [-0.05, 0) is 49.7 Å². The number of imidazole rings is 1. The van der Waals surface area contributed by atoms with Crippen LogP contribution >= 0.6 is 0 Å². The van der Waals surface area contributed by atoms with E-state index in [4.69, 9.17) is 9.72 Å². The number of nitrogens with one attached hydrogen (secondary N) is 1. The Morgan fingerprint density at radius 1 is 1.03 bits per heavy atom. The van der Waals surface area contributed by atoms with Crippen LogP contribution in [0.5, 0.6) is 5.75 Å². The van der Waals surface area contributed by atoms with Gasteiger partial charge in [0, 0.05) is 12.7 Å². The summed E-state index contributed by atoms with van der Waals surface area (Å²) in [4.78, 5) is 21.4. The number of nitrogens with zero attached hydrogens (tertiary/aromatic N) is 3. The molecule has 6 heteroatoms. The maximum Gasteiger partial charge on any atom is 0.270 e. The van der Waals surface area contributed by atoms with Crippen molar-refractivity contribution in [1.29, 1.82) is 0 Å². The summed E-state index contributed by atoms with van der Waals surface area (Å²) < 4.78 is 7.99. The van der Waals surface area contributed by atoms with Crippen molar-refractivity contribution < 1.29 is 9.53 Å². The van der Waals surface area contributed by atoms with Gasteiger partial charge in [-0.3, -0.25) is 9.78 Å². The Balaban J connectivity index is 1.49. The molecule has 1 N–H and O–H groups in total. The third kappa shape index (κ3) is 4.49. The van der Waals surface area contributed by atoms with Gasteiger partial charge in [0.2, 0.25) is 0 Å². The number of hydrogen-bond acceptors (Lipinski definition) is 4. The van der Waals surface area contributed by atoms with Crippen molar-refractivity contribution in [3.63, 3.8) is 0 Å². The number of carbonyl (C=O) groups excluding carboxylic acids is 1. The highest BCUT2D eigenvalue weighted by atomic mass is 16.5. The van der Waals surface area contributed by atoms with Gasteiger partial charge in [0.25, 0.3) is 5.91 Å². The van der Waals surface area contributed by atoms with Crippen LogP contribution < -0.4 is 10.1 Å². The first-order valence-electron chi connectivity index (χ1n) is 10.1. The lowest BCUT2D eigenvalue weighted by molar-refractivity contribution is 0.0932. The molecule has 1 atom stereocenters. The minimum Gasteiger partial charge on any atom is -0.494 e. The Morgan fingerprint density at radius 3 is 2.60 bits per heavy atom. The molecule has 2 aromatic heterocycles. The Morgan fingerprint density at radius 2 is 1.80 bits per heavy atom. The maximum atomic E-state index is 12.5. The van der Waals surface area contributed by atoms with Gasteiger partial charge in [0.05, 0.1) is 23.7 Å². The molecule has 4 aromatic rings. The van der Waals surface area contributed by atoms with Crippen LogP contribution in [-0.2, 0) is 6.54 Å². The van der Waals surface area contributed by atoms with E-state index >= 15 is 0 Å². The fraction of sp³-hybridized carbons (Fsp3) is 0.208. The third-order valence-corrected chi connectivity index (χ3v) is 4.85. The average molecular weight is 400 g/mol. The highest BCUT2D eigenvalue weighted by Gasteiger charge is 2.19. The van der Waals surface area contributed by atoms with Crippen molar-refractivity contribution in [3.8, 4) is 5.75 Å². The number of benzene rings is 2. The summed E-state index contributed by atoms with van der Waals surface area (Å²) in [6.07, 6.45) is 2.44. The van der Waals surface area contributed by atoms with Crippen LogP contribution in [0.4, 0.5) is 0 Å². The molecule has 0 bridgehead atoms. The first-order valence-corrected chi connectivity index (χ1v) is 10.1. The van der Waals surface area contributed by atoms with E-state index in [9.17, 15) is 4.79 Å². The summed E-state index contributed by atoms with van der Waals surface area (Å²) >= 11 is 0. The van der Waals surface area contributed by atoms with E-state index in [-0.39, 0.29) is 11.9 Å². The number of para-hydroxylation sites is 3. The predicted octanol–water partition coefficient (Wildman–Crippen LogP) is 4.39. The Labute approximate surface area is 175 Å². The molecule has 0 aliphatic carbocycles. The Hall–Kier alpha value is -3.67. The molecule has 0 saturated carbocycles. The van der Waals surface area contributed by atoms with Gasteiger partial charge in [-0.25, -0.2) is 4.98 Å². The third-order valence-electron chi connectivity index (χ3n) is 4.85. The number of hydrogen-bond donors (Lipinski definition) is 1. The quantitative estimate of drug-likeness (QED) is 0.445. The van der Waals surface area contributed by atoms with Crippen molar-refractivity contribution in [2.75, 3.05) is 6.61 Å². The van der Waals surface area contributed by atoms with Gasteiger partial charge >= 0.3 is 0 Å². The zero-order valence-corrected chi connectivity index (χ0v) is 16.9. The largest absolute Gasteiger partial charge is 0.494 e. The van der Waals surface area contributed by atoms with E-state index in [1.54, 1.807) is 24.4 Å². The van der Waals surface area contributed by atoms with Gasteiger partial charge in [0.15, 0.2) is 0 Å². The number of amides is 1. The molecule has 30 heavy (non-hydrogen) atoms. The molecule has 6 nitrogen and oxygen atoms in total. The molecule has 0 fully saturated rings. The summed E-state index contributed by atoms with van der Waals surface area (Å²) in [6, 6.07) is 22.8. The average Bonchev–Trinajstić information content (AvgIpc) is 3.17. The lowest BCUT2D eigenvalue weighted by Gasteiger charge is -2.16. The highest BCUT2D eigenvalue weighted by molar-refractivity contribution is 5.92. The second-order valence-electron chi connectivity index (χ2n) is 7.04. The summed E-state index contributed by atoms with van der Waals surface area (Å²) in [5.41, 5.74) is 2.35. The molecule has 1 unspecified atom stereocenters. The molecular formula is C24H24N4O2. The summed E-state index contributed by atoms with van der Waals surface area (Å²) in [7, 11) is 0. The highest BCUT2D eigenvalue weighted by Crippen LogP contribution is 2.22. The summed E-state index contributed by atoms with van der Waals surface area (Å²) in [5, 5.41) is 3.01. The lowest BCUT2D eigenvalue weighted by Crippen LogP contribution is -2.29. The fourth-order valence-electron chi connectivity index (χ4n) is 3.42. The number of carbonyl (C=O) groups is 1. The molecule has 2 aromatic carbocycles. The Kier molecular flexibility index (Phi) is 6.03. The SMILES string of the molecule is CC(NC(=O)c1ccccn1)c1nc2ccccc2n1CCCOc1ccccc1. The van der Waals surface area contributed by atoms with Crippen molar-refractivity contribution in [2.24, 2.45) is 0 Å². The molecule has 1 amide bonds.